The van der Waals surface area contributed by atoms with Gasteiger partial charge in [0.05, 0.1) is 18.1 Å². The highest BCUT2D eigenvalue weighted by Gasteiger charge is 2.64. The minimum absolute atomic E-state index is 0. The van der Waals surface area contributed by atoms with Gasteiger partial charge in [-0.1, -0.05) is 27.2 Å². The molecule has 2 amide bonds. The number of fused-ring (bicyclic) bond motifs is 2. The van der Waals surface area contributed by atoms with Crippen LogP contribution in [-0.4, -0.2) is 59.0 Å². The molecule has 138 valence electrons. The second kappa shape index (κ2) is 6.93. The quantitative estimate of drug-likeness (QED) is 0.632. The predicted molar refractivity (Wildman–Crippen MR) is 87.6 cm³/mol. The number of hydrogen-bond acceptors (Lipinski definition) is 4. The Labute approximate surface area is 151 Å². The average molecular weight is 358 g/mol. The molecule has 1 aliphatic carbocycles. The fraction of sp³-hybridized carbons (Fsp3) is 0.889. The third-order valence-corrected chi connectivity index (χ3v) is 6.82. The minimum atomic E-state index is -0.648. The van der Waals surface area contributed by atoms with Gasteiger partial charge in [-0.2, -0.15) is 0 Å². The van der Waals surface area contributed by atoms with Crippen LogP contribution in [-0.2, 0) is 9.59 Å². The van der Waals surface area contributed by atoms with Crippen molar-refractivity contribution in [1.29, 1.82) is 0 Å². The number of halogens is 1. The van der Waals surface area contributed by atoms with E-state index in [0.717, 1.165) is 25.9 Å². The summed E-state index contributed by atoms with van der Waals surface area (Å²) >= 11 is 0. The monoisotopic (exact) mass is 357 g/mol. The van der Waals surface area contributed by atoms with Gasteiger partial charge in [-0.3, -0.25) is 14.5 Å². The maximum absolute atomic E-state index is 12.9. The first-order chi connectivity index (χ1) is 10.8. The van der Waals surface area contributed by atoms with Gasteiger partial charge in [-0.15, -0.1) is 0 Å². The van der Waals surface area contributed by atoms with Gasteiger partial charge in [0.2, 0.25) is 11.8 Å². The largest absolute Gasteiger partial charge is 1.00 e. The molecule has 0 aromatic heterocycles. The van der Waals surface area contributed by atoms with Gasteiger partial charge in [0.25, 0.3) is 0 Å². The van der Waals surface area contributed by atoms with Gasteiger partial charge >= 0.3 is 0 Å². The number of piperidine rings is 2. The Bertz CT molecular complexity index is 504. The van der Waals surface area contributed by atoms with Crippen molar-refractivity contribution in [3.8, 4) is 0 Å². The number of aliphatic hydroxyl groups excluding tert-OH is 1. The summed E-state index contributed by atoms with van der Waals surface area (Å²) in [6.45, 7) is 8.80. The van der Waals surface area contributed by atoms with Gasteiger partial charge in [0.1, 0.15) is 0 Å². The van der Waals surface area contributed by atoms with Crippen LogP contribution in [0.4, 0.5) is 0 Å². The number of carbonyl (C=O) groups is 2. The van der Waals surface area contributed by atoms with Crippen molar-refractivity contribution < 1.29 is 27.1 Å². The van der Waals surface area contributed by atoms with E-state index in [-0.39, 0.29) is 42.1 Å². The summed E-state index contributed by atoms with van der Waals surface area (Å²) in [5.41, 5.74) is -0.758. The van der Waals surface area contributed by atoms with Crippen molar-refractivity contribution in [3.05, 3.63) is 0 Å². The second-order valence-electron chi connectivity index (χ2n) is 8.41. The highest BCUT2D eigenvalue weighted by atomic mass is 35.5. The maximum atomic E-state index is 12.9. The molecule has 3 aliphatic rings. The van der Waals surface area contributed by atoms with Crippen LogP contribution in [0.3, 0.4) is 0 Å². The van der Waals surface area contributed by atoms with E-state index < -0.39 is 11.5 Å². The summed E-state index contributed by atoms with van der Waals surface area (Å²) in [5, 5.41) is 10.4. The Hall–Kier alpha value is -0.650. The number of rotatable bonds is 4. The van der Waals surface area contributed by atoms with Crippen molar-refractivity contribution in [1.82, 2.24) is 9.80 Å². The van der Waals surface area contributed by atoms with Crippen LogP contribution in [0, 0.1) is 16.7 Å². The van der Waals surface area contributed by atoms with E-state index in [4.69, 9.17) is 0 Å². The first-order valence-corrected chi connectivity index (χ1v) is 9.03. The highest BCUT2D eigenvalue weighted by molar-refractivity contribution is 6.03. The summed E-state index contributed by atoms with van der Waals surface area (Å²) < 4.78 is 0. The Morgan fingerprint density at radius 2 is 1.75 bits per heavy atom. The first kappa shape index (κ1) is 19.7. The fourth-order valence-corrected chi connectivity index (χ4v) is 4.78. The van der Waals surface area contributed by atoms with Crippen LogP contribution in [0.2, 0.25) is 0 Å². The van der Waals surface area contributed by atoms with E-state index >= 15 is 0 Å². The standard InChI is InChI=1S/C18H30N2O3.ClH/c1-17(2)14-7-8-18(17,3)16(23)20(15(14)22)12-13(21)11-19-9-5-4-6-10-19;/h13-14,21H,4-12H2,1-3H3;1H/p-1. The number of carbonyl (C=O) groups excluding carboxylic acids is 2. The molecule has 5 nitrogen and oxygen atoms in total. The van der Waals surface area contributed by atoms with E-state index in [1.54, 1.807) is 0 Å². The van der Waals surface area contributed by atoms with Gasteiger partial charge in [0.15, 0.2) is 0 Å². The third kappa shape index (κ3) is 2.99. The van der Waals surface area contributed by atoms with Crippen LogP contribution in [0.25, 0.3) is 0 Å². The molecule has 3 rings (SSSR count). The Balaban J connectivity index is 0.00000208. The van der Waals surface area contributed by atoms with Crippen LogP contribution in [0.5, 0.6) is 0 Å². The van der Waals surface area contributed by atoms with Crippen molar-refractivity contribution in [3.63, 3.8) is 0 Å². The Kier molecular flexibility index (Phi) is 5.68. The maximum Gasteiger partial charge on any atom is 0.235 e. The normalized spacial score (nSPS) is 34.2. The van der Waals surface area contributed by atoms with Crippen molar-refractivity contribution in [2.75, 3.05) is 26.2 Å². The van der Waals surface area contributed by atoms with Crippen LogP contribution < -0.4 is 12.4 Å². The highest BCUT2D eigenvalue weighted by Crippen LogP contribution is 2.59. The topological polar surface area (TPSA) is 60.9 Å². The third-order valence-electron chi connectivity index (χ3n) is 6.82. The first-order valence-electron chi connectivity index (χ1n) is 9.03. The number of nitrogens with zero attached hydrogens (tertiary/aromatic N) is 2. The fourth-order valence-electron chi connectivity index (χ4n) is 4.78. The van der Waals surface area contributed by atoms with E-state index in [2.05, 4.69) is 4.90 Å². The molecule has 2 aliphatic heterocycles. The summed E-state index contributed by atoms with van der Waals surface area (Å²) in [4.78, 5) is 29.3. The zero-order valence-electron chi connectivity index (χ0n) is 15.1. The van der Waals surface area contributed by atoms with E-state index in [1.165, 1.54) is 24.2 Å². The lowest BCUT2D eigenvalue weighted by Crippen LogP contribution is -3.00. The number of likely N-dealkylation sites (tertiary alicyclic amines) is 2. The Morgan fingerprint density at radius 3 is 2.38 bits per heavy atom. The smallest absolute Gasteiger partial charge is 0.235 e. The van der Waals surface area contributed by atoms with Gasteiger partial charge in [-0.25, -0.2) is 0 Å². The molecule has 3 unspecified atom stereocenters. The summed E-state index contributed by atoms with van der Waals surface area (Å²) in [7, 11) is 0. The molecule has 1 N–H and O–H groups in total. The number of amides is 2. The molecule has 2 heterocycles. The Morgan fingerprint density at radius 1 is 1.12 bits per heavy atom. The molecular formula is C18H30ClN2O3-. The predicted octanol–water partition coefficient (Wildman–Crippen LogP) is -1.35. The minimum Gasteiger partial charge on any atom is -1.00 e. The van der Waals surface area contributed by atoms with E-state index in [9.17, 15) is 14.7 Å². The van der Waals surface area contributed by atoms with E-state index in [0.29, 0.717) is 6.54 Å². The van der Waals surface area contributed by atoms with Gasteiger partial charge in [0, 0.05) is 12.5 Å². The lowest BCUT2D eigenvalue weighted by molar-refractivity contribution is -0.169. The lowest BCUT2D eigenvalue weighted by Gasteiger charge is -2.48. The summed E-state index contributed by atoms with van der Waals surface area (Å²) in [5.74, 6) is -0.251. The zero-order chi connectivity index (χ0) is 16.8. The molecule has 24 heavy (non-hydrogen) atoms. The second-order valence-corrected chi connectivity index (χ2v) is 8.41. The average Bonchev–Trinajstić information content (AvgIpc) is 2.70. The molecule has 1 saturated carbocycles. The molecular weight excluding hydrogens is 328 g/mol. The number of aliphatic hydroxyl groups is 1. The van der Waals surface area contributed by atoms with E-state index in [1.807, 2.05) is 20.8 Å². The molecule has 2 saturated heterocycles. The van der Waals surface area contributed by atoms with Crippen molar-refractivity contribution in [2.45, 2.75) is 59.0 Å². The molecule has 2 bridgehead atoms. The van der Waals surface area contributed by atoms with Gasteiger partial charge in [-0.05, 0) is 44.2 Å². The van der Waals surface area contributed by atoms with Crippen molar-refractivity contribution in [2.24, 2.45) is 16.7 Å². The van der Waals surface area contributed by atoms with Gasteiger partial charge < -0.3 is 22.4 Å². The molecule has 6 heteroatoms. The number of imide groups is 1. The van der Waals surface area contributed by atoms with Crippen LogP contribution in [0.1, 0.15) is 52.9 Å². The molecule has 3 atom stereocenters. The number of β-amino-alcohol motifs (C(OH)–C–C–N with tert-alkyl or cyclic N) is 1. The van der Waals surface area contributed by atoms with Crippen LogP contribution in [0.15, 0.2) is 0 Å². The number of hydrogen-bond donors (Lipinski definition) is 1. The summed E-state index contributed by atoms with van der Waals surface area (Å²) in [6.07, 6.45) is 4.50. The molecule has 3 fully saturated rings. The van der Waals surface area contributed by atoms with Crippen molar-refractivity contribution >= 4 is 11.8 Å². The SMILES string of the molecule is CC12CCC(C(=O)N(CC(O)CN3CCCCC3)C1=O)C2(C)C.[Cl-]. The molecule has 0 aromatic rings. The molecule has 0 spiro atoms. The summed E-state index contributed by atoms with van der Waals surface area (Å²) in [6, 6.07) is 0. The van der Waals surface area contributed by atoms with Crippen LogP contribution >= 0.6 is 0 Å². The zero-order valence-corrected chi connectivity index (χ0v) is 15.8. The molecule has 0 radical (unpaired) electrons. The molecule has 0 aromatic carbocycles. The lowest BCUT2D eigenvalue weighted by atomic mass is 9.62.